The average molecular weight is 345 g/mol. The molecule has 1 aromatic heterocycles. The molecule has 0 unspecified atom stereocenters. The molecule has 0 aliphatic heterocycles. The van der Waals surface area contributed by atoms with E-state index < -0.39 is 0 Å². The van der Waals surface area contributed by atoms with E-state index in [0.29, 0.717) is 0 Å². The van der Waals surface area contributed by atoms with E-state index in [4.69, 9.17) is 0 Å². The van der Waals surface area contributed by atoms with Crippen LogP contribution in [0.4, 0.5) is 0 Å². The van der Waals surface area contributed by atoms with Crippen LogP contribution in [0.5, 0.6) is 0 Å². The fourth-order valence-corrected chi connectivity index (χ4v) is 3.82. The summed E-state index contributed by atoms with van der Waals surface area (Å²) >= 11 is 0. The SMILES string of the molecule is c1ccc(-c2[nH]c3cccc(-c4ccccc4)c3c2-c2ccccc2)cc1. The minimum atomic E-state index is 1.16. The Labute approximate surface area is 158 Å². The summed E-state index contributed by atoms with van der Waals surface area (Å²) in [5, 5.41) is 1.27. The zero-order chi connectivity index (χ0) is 18.1. The second-order valence-electron chi connectivity index (χ2n) is 6.70. The third-order valence-corrected chi connectivity index (χ3v) is 5.03. The van der Waals surface area contributed by atoms with Crippen LogP contribution in [-0.2, 0) is 0 Å². The molecular weight excluding hydrogens is 326 g/mol. The molecule has 1 N–H and O–H groups in total. The summed E-state index contributed by atoms with van der Waals surface area (Å²) < 4.78 is 0. The third-order valence-electron chi connectivity index (χ3n) is 5.03. The number of hydrogen-bond donors (Lipinski definition) is 1. The predicted octanol–water partition coefficient (Wildman–Crippen LogP) is 7.17. The van der Waals surface area contributed by atoms with Gasteiger partial charge in [0, 0.05) is 16.5 Å². The molecule has 0 atom stereocenters. The molecule has 1 heterocycles. The second-order valence-corrected chi connectivity index (χ2v) is 6.70. The van der Waals surface area contributed by atoms with E-state index in [9.17, 15) is 0 Å². The van der Waals surface area contributed by atoms with Crippen LogP contribution in [0.3, 0.4) is 0 Å². The lowest BCUT2D eigenvalue weighted by molar-refractivity contribution is 1.45. The molecule has 128 valence electrons. The lowest BCUT2D eigenvalue weighted by Crippen LogP contribution is -1.84. The summed E-state index contributed by atoms with van der Waals surface area (Å²) in [4.78, 5) is 3.69. The zero-order valence-corrected chi connectivity index (χ0v) is 14.9. The van der Waals surface area contributed by atoms with Gasteiger partial charge in [0.1, 0.15) is 0 Å². The van der Waals surface area contributed by atoms with Crippen LogP contribution in [0, 0.1) is 0 Å². The van der Waals surface area contributed by atoms with Crippen molar-refractivity contribution in [1.82, 2.24) is 4.98 Å². The number of nitrogens with one attached hydrogen (secondary N) is 1. The Kier molecular flexibility index (Phi) is 3.84. The number of H-pyrrole nitrogens is 1. The van der Waals surface area contributed by atoms with Crippen molar-refractivity contribution >= 4 is 10.9 Å². The molecule has 1 heteroatoms. The van der Waals surface area contributed by atoms with E-state index in [0.717, 1.165) is 5.52 Å². The van der Waals surface area contributed by atoms with Crippen molar-refractivity contribution in [3.05, 3.63) is 109 Å². The predicted molar refractivity (Wildman–Crippen MR) is 115 cm³/mol. The maximum absolute atomic E-state index is 3.69. The fraction of sp³-hybridized carbons (Fsp3) is 0. The molecule has 0 aliphatic carbocycles. The van der Waals surface area contributed by atoms with Gasteiger partial charge in [0.15, 0.2) is 0 Å². The van der Waals surface area contributed by atoms with Gasteiger partial charge in [0.05, 0.1) is 5.69 Å². The minimum absolute atomic E-state index is 1.16. The highest BCUT2D eigenvalue weighted by Crippen LogP contribution is 2.42. The lowest BCUT2D eigenvalue weighted by atomic mass is 9.93. The standard InChI is InChI=1S/C26H19N/c1-4-11-19(12-5-1)22-17-10-18-23-25(22)24(20-13-6-2-7-14-20)26(27-23)21-15-8-3-9-16-21/h1-18,27H. The maximum atomic E-state index is 3.69. The third kappa shape index (κ3) is 2.74. The number of rotatable bonds is 3. The Morgan fingerprint density at radius 1 is 0.444 bits per heavy atom. The number of hydrogen-bond acceptors (Lipinski definition) is 0. The first-order valence-electron chi connectivity index (χ1n) is 9.23. The molecule has 4 aromatic carbocycles. The van der Waals surface area contributed by atoms with Crippen molar-refractivity contribution in [2.45, 2.75) is 0 Å². The molecule has 0 saturated heterocycles. The molecule has 5 aromatic rings. The summed E-state index contributed by atoms with van der Waals surface area (Å²) in [6, 6.07) is 38.4. The Bertz CT molecular complexity index is 1190. The summed E-state index contributed by atoms with van der Waals surface area (Å²) in [5.41, 5.74) is 8.51. The summed E-state index contributed by atoms with van der Waals surface area (Å²) in [7, 11) is 0. The highest BCUT2D eigenvalue weighted by molar-refractivity contribution is 6.10. The smallest absolute Gasteiger partial charge is 0.0544 e. The molecule has 0 bridgehead atoms. The number of aromatic amines is 1. The van der Waals surface area contributed by atoms with E-state index in [1.165, 1.54) is 38.9 Å². The summed E-state index contributed by atoms with van der Waals surface area (Å²) in [6.45, 7) is 0. The first-order chi connectivity index (χ1) is 13.4. The lowest BCUT2D eigenvalue weighted by Gasteiger charge is -2.09. The van der Waals surface area contributed by atoms with Crippen molar-refractivity contribution in [1.29, 1.82) is 0 Å². The molecule has 0 saturated carbocycles. The van der Waals surface area contributed by atoms with Gasteiger partial charge in [-0.15, -0.1) is 0 Å². The number of fused-ring (bicyclic) bond motifs is 1. The molecule has 0 amide bonds. The highest BCUT2D eigenvalue weighted by atomic mass is 14.7. The molecule has 0 fully saturated rings. The van der Waals surface area contributed by atoms with Crippen molar-refractivity contribution in [2.75, 3.05) is 0 Å². The van der Waals surface area contributed by atoms with Gasteiger partial charge in [0.2, 0.25) is 0 Å². The van der Waals surface area contributed by atoms with Crippen LogP contribution in [0.15, 0.2) is 109 Å². The van der Waals surface area contributed by atoms with Crippen LogP contribution in [0.2, 0.25) is 0 Å². The Morgan fingerprint density at radius 3 is 1.63 bits per heavy atom. The van der Waals surface area contributed by atoms with Crippen LogP contribution >= 0.6 is 0 Å². The Hall–Kier alpha value is -3.58. The van der Waals surface area contributed by atoms with E-state index >= 15 is 0 Å². The normalized spacial score (nSPS) is 11.0. The van der Waals surface area contributed by atoms with Crippen LogP contribution in [0.1, 0.15) is 0 Å². The minimum Gasteiger partial charge on any atom is -0.354 e. The molecule has 0 radical (unpaired) electrons. The second kappa shape index (κ2) is 6.62. The van der Waals surface area contributed by atoms with Crippen LogP contribution in [-0.4, -0.2) is 4.98 Å². The van der Waals surface area contributed by atoms with Gasteiger partial charge in [0.25, 0.3) is 0 Å². The van der Waals surface area contributed by atoms with Gasteiger partial charge < -0.3 is 4.98 Å². The maximum Gasteiger partial charge on any atom is 0.0544 e. The van der Waals surface area contributed by atoms with E-state index in [-0.39, 0.29) is 0 Å². The van der Waals surface area contributed by atoms with Crippen LogP contribution < -0.4 is 0 Å². The monoisotopic (exact) mass is 345 g/mol. The van der Waals surface area contributed by atoms with Gasteiger partial charge in [-0.1, -0.05) is 103 Å². The molecule has 27 heavy (non-hydrogen) atoms. The highest BCUT2D eigenvalue weighted by Gasteiger charge is 2.18. The van der Waals surface area contributed by atoms with E-state index in [1.807, 2.05) is 0 Å². The number of benzene rings is 4. The van der Waals surface area contributed by atoms with Gasteiger partial charge in [-0.25, -0.2) is 0 Å². The first kappa shape index (κ1) is 15.7. The quantitative estimate of drug-likeness (QED) is 0.357. The molecule has 0 aliphatic rings. The fourth-order valence-electron chi connectivity index (χ4n) is 3.82. The van der Waals surface area contributed by atoms with Gasteiger partial charge in [-0.05, 0) is 28.3 Å². The van der Waals surface area contributed by atoms with Crippen LogP contribution in [0.25, 0.3) is 44.4 Å². The molecule has 0 spiro atoms. The first-order valence-corrected chi connectivity index (χ1v) is 9.23. The Balaban J connectivity index is 1.90. The van der Waals surface area contributed by atoms with Crippen molar-refractivity contribution in [3.8, 4) is 33.5 Å². The van der Waals surface area contributed by atoms with Gasteiger partial charge >= 0.3 is 0 Å². The van der Waals surface area contributed by atoms with Gasteiger partial charge in [-0.2, -0.15) is 0 Å². The van der Waals surface area contributed by atoms with Crippen molar-refractivity contribution < 1.29 is 0 Å². The molecular formula is C26H19N. The van der Waals surface area contributed by atoms with Crippen molar-refractivity contribution in [2.24, 2.45) is 0 Å². The van der Waals surface area contributed by atoms with E-state index in [1.54, 1.807) is 0 Å². The average Bonchev–Trinajstić information content (AvgIpc) is 3.15. The summed E-state index contributed by atoms with van der Waals surface area (Å²) in [5.74, 6) is 0. The van der Waals surface area contributed by atoms with Crippen molar-refractivity contribution in [3.63, 3.8) is 0 Å². The largest absolute Gasteiger partial charge is 0.354 e. The van der Waals surface area contributed by atoms with Gasteiger partial charge in [-0.3, -0.25) is 0 Å². The van der Waals surface area contributed by atoms with E-state index in [2.05, 4.69) is 114 Å². The zero-order valence-electron chi connectivity index (χ0n) is 14.9. The molecule has 5 rings (SSSR count). The Morgan fingerprint density at radius 2 is 1.00 bits per heavy atom. The summed E-state index contributed by atoms with van der Waals surface area (Å²) in [6.07, 6.45) is 0. The number of aromatic nitrogens is 1. The topological polar surface area (TPSA) is 15.8 Å². The molecule has 1 nitrogen and oxygen atoms in total.